The van der Waals surface area contributed by atoms with Gasteiger partial charge in [-0.25, -0.2) is 18.4 Å². The van der Waals surface area contributed by atoms with Crippen LogP contribution in [-0.4, -0.2) is 79.0 Å². The zero-order chi connectivity index (χ0) is 24.7. The lowest BCUT2D eigenvalue weighted by Crippen LogP contribution is -2.25. The van der Waals surface area contributed by atoms with Crippen LogP contribution in [0.5, 0.6) is 0 Å². The average Bonchev–Trinajstić information content (AvgIpc) is 3.62. The van der Waals surface area contributed by atoms with Crippen molar-refractivity contribution in [3.8, 4) is 10.7 Å². The highest BCUT2D eigenvalue weighted by Crippen LogP contribution is 2.26. The van der Waals surface area contributed by atoms with E-state index in [1.165, 1.54) is 49.0 Å². The Kier molecular flexibility index (Phi) is 8.17. The molecule has 4 rings (SSSR count). The summed E-state index contributed by atoms with van der Waals surface area (Å²) in [5.74, 6) is -0.136. The number of methoxy groups -OCH3 is 1. The number of nitrogens with one attached hydrogen (secondary N) is 2. The predicted octanol–water partition coefficient (Wildman–Crippen LogP) is 1.89. The fourth-order valence-electron chi connectivity index (χ4n) is 3.20. The van der Waals surface area contributed by atoms with Gasteiger partial charge in [-0.3, -0.25) is 15.2 Å². The van der Waals surface area contributed by atoms with Gasteiger partial charge in [-0.15, -0.1) is 0 Å². The Morgan fingerprint density at radius 2 is 2.14 bits per heavy atom. The standard InChI is InChI=1S/C21H24N6O6S2/c1-31-8-2-10-35(29,30)16-5-3-14(4-6-16)18(27-33-15-7-9-32-12-15)20(28)25-21-22-11-17(34-21)19-23-13-24-26-19/h3-6,11,13,15H,2,7-10,12H2,1H3,(H,22,25,28)(H,23,24,26)/b27-18+/t15-/m1/s1. The highest BCUT2D eigenvalue weighted by Gasteiger charge is 2.22. The van der Waals surface area contributed by atoms with Crippen LogP contribution in [0.2, 0.25) is 0 Å². The molecule has 1 fully saturated rings. The first-order valence-electron chi connectivity index (χ1n) is 10.7. The molecular weight excluding hydrogens is 496 g/mol. The Hall–Kier alpha value is -3.20. The number of oxime groups is 1. The highest BCUT2D eigenvalue weighted by molar-refractivity contribution is 7.91. The largest absolute Gasteiger partial charge is 0.389 e. The molecule has 3 heterocycles. The molecule has 1 aliphatic rings. The van der Waals surface area contributed by atoms with Gasteiger partial charge in [0.15, 0.2) is 32.6 Å². The number of anilines is 1. The molecule has 0 bridgehead atoms. The summed E-state index contributed by atoms with van der Waals surface area (Å²) in [6.07, 6.45) is 3.77. The molecule has 35 heavy (non-hydrogen) atoms. The molecule has 3 aromatic rings. The lowest BCUT2D eigenvalue weighted by atomic mass is 10.1. The number of aromatic nitrogens is 4. The van der Waals surface area contributed by atoms with E-state index in [0.29, 0.717) is 54.1 Å². The smallest absolute Gasteiger partial charge is 0.280 e. The number of ether oxygens (including phenoxy) is 2. The topological polar surface area (TPSA) is 158 Å². The third kappa shape index (κ3) is 6.48. The summed E-state index contributed by atoms with van der Waals surface area (Å²) in [6.45, 7) is 1.29. The Morgan fingerprint density at radius 1 is 1.31 bits per heavy atom. The molecule has 2 N–H and O–H groups in total. The van der Waals surface area contributed by atoms with E-state index in [1.807, 2.05) is 0 Å². The Morgan fingerprint density at radius 3 is 2.83 bits per heavy atom. The Balaban J connectivity index is 1.53. The second-order valence-electron chi connectivity index (χ2n) is 7.53. The lowest BCUT2D eigenvalue weighted by Gasteiger charge is -2.10. The average molecular weight is 521 g/mol. The first-order valence-corrected chi connectivity index (χ1v) is 13.2. The van der Waals surface area contributed by atoms with Crippen molar-refractivity contribution in [2.45, 2.75) is 23.8 Å². The van der Waals surface area contributed by atoms with E-state index in [9.17, 15) is 13.2 Å². The number of benzene rings is 1. The molecule has 2 aromatic heterocycles. The quantitative estimate of drug-likeness (QED) is 0.219. The summed E-state index contributed by atoms with van der Waals surface area (Å²) in [4.78, 5) is 27.7. The lowest BCUT2D eigenvalue weighted by molar-refractivity contribution is -0.110. The Bertz CT molecular complexity index is 1250. The summed E-state index contributed by atoms with van der Waals surface area (Å²) >= 11 is 1.20. The van der Waals surface area contributed by atoms with Gasteiger partial charge in [0, 0.05) is 25.7 Å². The maximum absolute atomic E-state index is 13.1. The van der Waals surface area contributed by atoms with Crippen LogP contribution >= 0.6 is 11.3 Å². The van der Waals surface area contributed by atoms with Crippen molar-refractivity contribution in [2.24, 2.45) is 5.16 Å². The highest BCUT2D eigenvalue weighted by atomic mass is 32.2. The van der Waals surface area contributed by atoms with Crippen LogP contribution in [0.4, 0.5) is 5.13 Å². The first-order chi connectivity index (χ1) is 17.0. The van der Waals surface area contributed by atoms with E-state index < -0.39 is 15.7 Å². The minimum atomic E-state index is -3.48. The molecular formula is C21H24N6O6S2. The summed E-state index contributed by atoms with van der Waals surface area (Å²) < 4.78 is 35.3. The van der Waals surface area contributed by atoms with Crippen molar-refractivity contribution < 1.29 is 27.5 Å². The van der Waals surface area contributed by atoms with E-state index in [2.05, 4.69) is 30.6 Å². The molecule has 1 amide bonds. The molecule has 186 valence electrons. The van der Waals surface area contributed by atoms with Crippen LogP contribution < -0.4 is 5.32 Å². The third-order valence-electron chi connectivity index (χ3n) is 5.01. The van der Waals surface area contributed by atoms with Crippen LogP contribution in [0.3, 0.4) is 0 Å². The number of carbonyl (C=O) groups is 1. The van der Waals surface area contributed by atoms with Crippen LogP contribution in [0, 0.1) is 0 Å². The normalized spacial score (nSPS) is 16.4. The van der Waals surface area contributed by atoms with Crippen LogP contribution in [0.15, 0.2) is 46.8 Å². The molecule has 14 heteroatoms. The molecule has 1 aliphatic heterocycles. The number of carbonyl (C=O) groups excluding carboxylic acids is 1. The van der Waals surface area contributed by atoms with Gasteiger partial charge >= 0.3 is 0 Å². The SMILES string of the molecule is COCCCS(=O)(=O)c1ccc(/C(=N\O[C@@H]2CCOC2)C(=O)Nc2ncc(-c3nc[nH]n3)s2)cc1. The van der Waals surface area contributed by atoms with E-state index in [0.717, 1.165) is 0 Å². The van der Waals surface area contributed by atoms with Gasteiger partial charge in [0.2, 0.25) is 0 Å². The van der Waals surface area contributed by atoms with E-state index in [-0.39, 0.29) is 22.5 Å². The molecule has 0 unspecified atom stereocenters. The van der Waals surface area contributed by atoms with Gasteiger partial charge in [0.05, 0.1) is 34.9 Å². The zero-order valence-electron chi connectivity index (χ0n) is 18.8. The van der Waals surface area contributed by atoms with Gasteiger partial charge in [-0.05, 0) is 18.6 Å². The van der Waals surface area contributed by atoms with Gasteiger partial charge in [0.25, 0.3) is 5.91 Å². The van der Waals surface area contributed by atoms with E-state index in [1.54, 1.807) is 6.20 Å². The van der Waals surface area contributed by atoms with Crippen molar-refractivity contribution in [3.05, 3.63) is 42.4 Å². The Labute approximate surface area is 205 Å². The van der Waals surface area contributed by atoms with Crippen molar-refractivity contribution in [1.82, 2.24) is 20.2 Å². The summed E-state index contributed by atoms with van der Waals surface area (Å²) in [5.41, 5.74) is 0.373. The molecule has 1 aromatic carbocycles. The molecule has 12 nitrogen and oxygen atoms in total. The minimum Gasteiger partial charge on any atom is -0.389 e. The van der Waals surface area contributed by atoms with Gasteiger partial charge in [-0.2, -0.15) is 5.10 Å². The van der Waals surface area contributed by atoms with Crippen molar-refractivity contribution in [1.29, 1.82) is 0 Å². The van der Waals surface area contributed by atoms with Crippen LogP contribution in [-0.2, 0) is 28.9 Å². The summed E-state index contributed by atoms with van der Waals surface area (Å²) in [5, 5.41) is 13.7. The molecule has 1 atom stereocenters. The second-order valence-corrected chi connectivity index (χ2v) is 10.7. The minimum absolute atomic E-state index is 0.0186. The second kappa shape index (κ2) is 11.5. The molecule has 0 saturated carbocycles. The van der Waals surface area contributed by atoms with Crippen molar-refractivity contribution in [3.63, 3.8) is 0 Å². The number of aromatic amines is 1. The fraction of sp³-hybridized carbons (Fsp3) is 0.381. The summed E-state index contributed by atoms with van der Waals surface area (Å²) in [7, 11) is -1.96. The molecule has 0 aliphatic carbocycles. The maximum atomic E-state index is 13.1. The fourth-order valence-corrected chi connectivity index (χ4v) is 5.24. The van der Waals surface area contributed by atoms with E-state index >= 15 is 0 Å². The van der Waals surface area contributed by atoms with Crippen LogP contribution in [0.25, 0.3) is 10.7 Å². The number of hydrogen-bond acceptors (Lipinski definition) is 11. The summed E-state index contributed by atoms with van der Waals surface area (Å²) in [6, 6.07) is 5.95. The number of sulfone groups is 1. The predicted molar refractivity (Wildman–Crippen MR) is 128 cm³/mol. The molecule has 0 spiro atoms. The van der Waals surface area contributed by atoms with Gasteiger partial charge in [-0.1, -0.05) is 28.6 Å². The number of thiazole rings is 1. The number of H-pyrrole nitrogens is 1. The molecule has 1 saturated heterocycles. The third-order valence-corrected chi connectivity index (χ3v) is 7.73. The number of nitrogens with zero attached hydrogens (tertiary/aromatic N) is 4. The number of hydrogen-bond donors (Lipinski definition) is 2. The van der Waals surface area contributed by atoms with Gasteiger partial charge in [0.1, 0.15) is 6.33 Å². The monoisotopic (exact) mass is 520 g/mol. The van der Waals surface area contributed by atoms with Crippen molar-refractivity contribution in [2.75, 3.05) is 38.0 Å². The molecule has 0 radical (unpaired) electrons. The van der Waals surface area contributed by atoms with Gasteiger partial charge < -0.3 is 14.3 Å². The first kappa shape index (κ1) is 24.9. The zero-order valence-corrected chi connectivity index (χ0v) is 20.5. The number of amides is 1. The number of rotatable bonds is 11. The van der Waals surface area contributed by atoms with Crippen LogP contribution in [0.1, 0.15) is 18.4 Å². The maximum Gasteiger partial charge on any atom is 0.280 e. The van der Waals surface area contributed by atoms with Crippen molar-refractivity contribution >= 4 is 37.9 Å². The van der Waals surface area contributed by atoms with E-state index in [4.69, 9.17) is 14.3 Å².